The fourth-order valence-electron chi connectivity index (χ4n) is 3.27. The van der Waals surface area contributed by atoms with E-state index < -0.39 is 18.2 Å². The molecule has 0 aliphatic carbocycles. The van der Waals surface area contributed by atoms with E-state index in [1.807, 2.05) is 6.92 Å². The summed E-state index contributed by atoms with van der Waals surface area (Å²) < 4.78 is 42.3. The standard InChI is InChI=1S/C21H19Cl2F3N2O2S/c1-3-18(31)27-19(29)16-5-4-12(6-11(16)2)17-10-20(30-28-17,21(24,25)26)13-7-14(22)9-15(23)8-13/h4-9,18,31H,3,10H2,1-2H3,(H,27,29). The van der Waals surface area contributed by atoms with Crippen LogP contribution in [-0.4, -0.2) is 23.2 Å². The van der Waals surface area contributed by atoms with Crippen molar-refractivity contribution in [3.63, 3.8) is 0 Å². The zero-order valence-electron chi connectivity index (χ0n) is 16.6. The van der Waals surface area contributed by atoms with E-state index in [0.29, 0.717) is 23.1 Å². The lowest BCUT2D eigenvalue weighted by molar-refractivity contribution is -0.275. The highest BCUT2D eigenvalue weighted by Gasteiger charge is 2.62. The van der Waals surface area contributed by atoms with Crippen molar-refractivity contribution in [1.82, 2.24) is 5.32 Å². The quantitative estimate of drug-likeness (QED) is 0.382. The van der Waals surface area contributed by atoms with E-state index in [1.165, 1.54) is 18.2 Å². The predicted octanol–water partition coefficient (Wildman–Crippen LogP) is 6.28. The van der Waals surface area contributed by atoms with E-state index in [1.54, 1.807) is 25.1 Å². The Labute approximate surface area is 193 Å². The van der Waals surface area contributed by atoms with Crippen LogP contribution in [0.5, 0.6) is 0 Å². The van der Waals surface area contributed by atoms with Crippen LogP contribution in [0.3, 0.4) is 0 Å². The number of benzene rings is 2. The number of carbonyl (C=O) groups excluding carboxylic acids is 1. The van der Waals surface area contributed by atoms with Gasteiger partial charge in [-0.25, -0.2) is 0 Å². The van der Waals surface area contributed by atoms with Crippen molar-refractivity contribution < 1.29 is 22.8 Å². The summed E-state index contributed by atoms with van der Waals surface area (Å²) in [5.74, 6) is -0.311. The van der Waals surface area contributed by atoms with Gasteiger partial charge < -0.3 is 10.2 Å². The lowest BCUT2D eigenvalue weighted by atomic mass is 9.86. The second kappa shape index (κ2) is 8.92. The molecule has 2 aromatic carbocycles. The smallest absolute Gasteiger partial charge is 0.374 e. The van der Waals surface area contributed by atoms with E-state index in [9.17, 15) is 18.0 Å². The molecule has 10 heteroatoms. The Balaban J connectivity index is 1.92. The molecule has 2 unspecified atom stereocenters. The van der Waals surface area contributed by atoms with Crippen LogP contribution in [0.25, 0.3) is 0 Å². The third-order valence-corrected chi connectivity index (χ3v) is 5.93. The predicted molar refractivity (Wildman–Crippen MR) is 118 cm³/mol. The van der Waals surface area contributed by atoms with Gasteiger partial charge >= 0.3 is 6.18 Å². The molecule has 0 fully saturated rings. The highest BCUT2D eigenvalue weighted by molar-refractivity contribution is 7.80. The normalized spacial score (nSPS) is 19.5. The molecule has 0 bridgehead atoms. The Bertz CT molecular complexity index is 1030. The van der Waals surface area contributed by atoms with Gasteiger partial charge in [0.05, 0.1) is 11.1 Å². The summed E-state index contributed by atoms with van der Waals surface area (Å²) in [5, 5.41) is 6.30. The van der Waals surface area contributed by atoms with Crippen LogP contribution >= 0.6 is 35.8 Å². The molecule has 1 amide bonds. The molecule has 2 atom stereocenters. The van der Waals surface area contributed by atoms with Gasteiger partial charge in [0.15, 0.2) is 0 Å². The number of carbonyl (C=O) groups is 1. The first-order chi connectivity index (χ1) is 14.5. The molecular weight excluding hydrogens is 472 g/mol. The number of oxime groups is 1. The molecule has 1 aliphatic rings. The minimum atomic E-state index is -4.77. The van der Waals surface area contributed by atoms with Crippen LogP contribution in [0.15, 0.2) is 41.6 Å². The molecule has 2 aromatic rings. The van der Waals surface area contributed by atoms with E-state index >= 15 is 0 Å². The molecule has 0 aromatic heterocycles. The Hall–Kier alpha value is -1.90. The van der Waals surface area contributed by atoms with Crippen molar-refractivity contribution in [3.8, 4) is 0 Å². The Kier molecular flexibility index (Phi) is 6.84. The number of rotatable bonds is 5. The zero-order chi connectivity index (χ0) is 23.0. The minimum absolute atomic E-state index is 0.0592. The Morgan fingerprint density at radius 3 is 2.45 bits per heavy atom. The molecule has 1 heterocycles. The van der Waals surface area contributed by atoms with Gasteiger partial charge in [-0.1, -0.05) is 41.3 Å². The first-order valence-corrected chi connectivity index (χ1v) is 10.6. The van der Waals surface area contributed by atoms with E-state index in [4.69, 9.17) is 28.0 Å². The zero-order valence-corrected chi connectivity index (χ0v) is 19.0. The number of thiol groups is 1. The molecular formula is C21H19Cl2F3N2O2S. The van der Waals surface area contributed by atoms with Crippen LogP contribution in [0, 0.1) is 6.92 Å². The monoisotopic (exact) mass is 490 g/mol. The van der Waals surface area contributed by atoms with Crippen molar-refractivity contribution in [3.05, 3.63) is 68.7 Å². The van der Waals surface area contributed by atoms with E-state index in [2.05, 4.69) is 23.1 Å². The first kappa shape index (κ1) is 23.8. The summed E-state index contributed by atoms with van der Waals surface area (Å²) in [6, 6.07) is 8.37. The number of hydrogen-bond donors (Lipinski definition) is 2. The summed E-state index contributed by atoms with van der Waals surface area (Å²) in [7, 11) is 0. The highest BCUT2D eigenvalue weighted by atomic mass is 35.5. The molecule has 0 radical (unpaired) electrons. The van der Waals surface area contributed by atoms with Gasteiger partial charge in [-0.15, -0.1) is 0 Å². The van der Waals surface area contributed by atoms with Crippen LogP contribution in [0.4, 0.5) is 13.2 Å². The van der Waals surface area contributed by atoms with Crippen LogP contribution in [0.1, 0.15) is 46.8 Å². The van der Waals surface area contributed by atoms with Crippen molar-refractivity contribution in [2.75, 3.05) is 0 Å². The summed E-state index contributed by atoms with van der Waals surface area (Å²) in [5.41, 5.74) is -1.43. The number of nitrogens with one attached hydrogen (secondary N) is 1. The summed E-state index contributed by atoms with van der Waals surface area (Å²) in [6.07, 6.45) is -4.69. The van der Waals surface area contributed by atoms with Crippen molar-refractivity contribution >= 4 is 47.4 Å². The summed E-state index contributed by atoms with van der Waals surface area (Å²) >= 11 is 16.1. The molecule has 31 heavy (non-hydrogen) atoms. The number of aryl methyl sites for hydroxylation is 1. The van der Waals surface area contributed by atoms with E-state index in [0.717, 1.165) is 0 Å². The fraction of sp³-hybridized carbons (Fsp3) is 0.333. The van der Waals surface area contributed by atoms with Gasteiger partial charge in [0.2, 0.25) is 0 Å². The fourth-order valence-corrected chi connectivity index (χ4v) is 3.92. The second-order valence-corrected chi connectivity index (χ2v) is 8.71. The third kappa shape index (κ3) is 4.81. The van der Waals surface area contributed by atoms with Crippen LogP contribution in [-0.2, 0) is 10.4 Å². The summed E-state index contributed by atoms with van der Waals surface area (Å²) in [4.78, 5) is 17.4. The molecule has 3 rings (SSSR count). The first-order valence-electron chi connectivity index (χ1n) is 9.35. The number of halogens is 5. The van der Waals surface area contributed by atoms with Gasteiger partial charge in [0.25, 0.3) is 11.5 Å². The third-order valence-electron chi connectivity index (χ3n) is 5.00. The SMILES string of the molecule is CCC(S)NC(=O)c1ccc(C2=NOC(c3cc(Cl)cc(Cl)c3)(C(F)(F)F)C2)cc1C. The number of amides is 1. The van der Waals surface area contributed by atoms with Gasteiger partial charge in [-0.05, 0) is 54.8 Å². The van der Waals surface area contributed by atoms with Gasteiger partial charge in [-0.2, -0.15) is 25.8 Å². The molecule has 166 valence electrons. The number of nitrogens with zero attached hydrogens (tertiary/aromatic N) is 1. The molecule has 0 spiro atoms. The maximum Gasteiger partial charge on any atom is 0.435 e. The number of hydrogen-bond acceptors (Lipinski definition) is 4. The molecule has 0 saturated carbocycles. The number of alkyl halides is 3. The van der Waals surface area contributed by atoms with Crippen LogP contribution in [0.2, 0.25) is 10.0 Å². The lowest BCUT2D eigenvalue weighted by Gasteiger charge is -2.29. The Morgan fingerprint density at radius 1 is 1.26 bits per heavy atom. The van der Waals surface area contributed by atoms with Crippen molar-refractivity contribution in [2.45, 2.75) is 43.8 Å². The van der Waals surface area contributed by atoms with Crippen LogP contribution < -0.4 is 5.32 Å². The average Bonchev–Trinajstić information content (AvgIpc) is 3.13. The van der Waals surface area contributed by atoms with Gasteiger partial charge in [0, 0.05) is 27.6 Å². The highest BCUT2D eigenvalue weighted by Crippen LogP contribution is 2.49. The Morgan fingerprint density at radius 2 is 1.90 bits per heavy atom. The largest absolute Gasteiger partial charge is 0.435 e. The van der Waals surface area contributed by atoms with Crippen molar-refractivity contribution in [1.29, 1.82) is 0 Å². The molecule has 4 nitrogen and oxygen atoms in total. The second-order valence-electron chi connectivity index (χ2n) is 7.22. The van der Waals surface area contributed by atoms with Crippen molar-refractivity contribution in [2.24, 2.45) is 5.16 Å². The molecule has 1 N–H and O–H groups in total. The van der Waals surface area contributed by atoms with E-state index in [-0.39, 0.29) is 32.6 Å². The molecule has 1 aliphatic heterocycles. The van der Waals surface area contributed by atoms with Gasteiger partial charge in [-0.3, -0.25) is 4.79 Å². The minimum Gasteiger partial charge on any atom is -0.374 e. The topological polar surface area (TPSA) is 50.7 Å². The maximum absolute atomic E-state index is 14.1. The maximum atomic E-state index is 14.1. The lowest BCUT2D eigenvalue weighted by Crippen LogP contribution is -2.42. The summed E-state index contributed by atoms with van der Waals surface area (Å²) in [6.45, 7) is 3.58. The molecule has 0 saturated heterocycles. The average molecular weight is 491 g/mol. The van der Waals surface area contributed by atoms with Gasteiger partial charge in [0.1, 0.15) is 0 Å².